The first-order valence-corrected chi connectivity index (χ1v) is 6.56. The highest BCUT2D eigenvalue weighted by molar-refractivity contribution is 5.73. The third-order valence-electron chi connectivity index (χ3n) is 3.68. The van der Waals surface area contributed by atoms with Crippen LogP contribution >= 0.6 is 0 Å². The van der Waals surface area contributed by atoms with Gasteiger partial charge in [0.2, 0.25) is 0 Å². The number of nitriles is 1. The molecule has 0 aliphatic carbocycles. The van der Waals surface area contributed by atoms with Crippen molar-refractivity contribution in [1.29, 1.82) is 5.26 Å². The molecule has 1 atom stereocenters. The molecule has 20 heavy (non-hydrogen) atoms. The van der Waals surface area contributed by atoms with Crippen molar-refractivity contribution in [3.8, 4) is 23.1 Å². The van der Waals surface area contributed by atoms with Gasteiger partial charge in [-0.1, -0.05) is 0 Å². The van der Waals surface area contributed by atoms with Gasteiger partial charge in [0.15, 0.2) is 5.75 Å². The number of pyridine rings is 1. The molecule has 0 aromatic carbocycles. The van der Waals surface area contributed by atoms with Gasteiger partial charge in [0.05, 0.1) is 24.6 Å². The monoisotopic (exact) mass is 269 g/mol. The van der Waals surface area contributed by atoms with Crippen LogP contribution in [0.15, 0.2) is 24.5 Å². The van der Waals surface area contributed by atoms with Crippen molar-refractivity contribution < 1.29 is 9.84 Å². The van der Waals surface area contributed by atoms with Crippen molar-refractivity contribution in [3.63, 3.8) is 0 Å². The van der Waals surface area contributed by atoms with Crippen molar-refractivity contribution in [2.75, 3.05) is 7.11 Å². The molecule has 102 valence electrons. The van der Waals surface area contributed by atoms with Crippen LogP contribution in [-0.4, -0.2) is 21.8 Å². The summed E-state index contributed by atoms with van der Waals surface area (Å²) in [7, 11) is 1.55. The Morgan fingerprint density at radius 2 is 2.40 bits per heavy atom. The molecule has 1 aliphatic heterocycles. The lowest BCUT2D eigenvalue weighted by molar-refractivity contribution is 0.139. The highest BCUT2D eigenvalue weighted by Gasteiger charge is 2.31. The second-order valence-corrected chi connectivity index (χ2v) is 4.81. The summed E-state index contributed by atoms with van der Waals surface area (Å²) in [5.74, 6) is 0.524. The highest BCUT2D eigenvalue weighted by atomic mass is 16.5. The molecule has 1 N–H and O–H groups in total. The number of aliphatic hydroxyl groups is 1. The van der Waals surface area contributed by atoms with E-state index in [-0.39, 0.29) is 0 Å². The molecule has 5 heteroatoms. The van der Waals surface area contributed by atoms with Crippen LogP contribution < -0.4 is 4.74 Å². The van der Waals surface area contributed by atoms with Crippen molar-refractivity contribution in [2.24, 2.45) is 0 Å². The normalized spacial score (nSPS) is 17.4. The second-order valence-electron chi connectivity index (χ2n) is 4.81. The molecule has 0 amide bonds. The van der Waals surface area contributed by atoms with Gasteiger partial charge in [-0.05, 0) is 25.0 Å². The molecule has 3 rings (SSSR count). The van der Waals surface area contributed by atoms with Gasteiger partial charge in [-0.3, -0.25) is 4.98 Å². The van der Waals surface area contributed by atoms with Crippen LogP contribution in [0.25, 0.3) is 11.3 Å². The molecule has 2 aromatic rings. The topological polar surface area (TPSA) is 71.1 Å². The molecule has 0 spiro atoms. The number of fused-ring (bicyclic) bond motifs is 1. The van der Waals surface area contributed by atoms with Gasteiger partial charge in [0.25, 0.3) is 0 Å². The smallest absolute Gasteiger partial charge is 0.162 e. The van der Waals surface area contributed by atoms with Crippen LogP contribution in [0.2, 0.25) is 0 Å². The summed E-state index contributed by atoms with van der Waals surface area (Å²) >= 11 is 0. The van der Waals surface area contributed by atoms with Crippen LogP contribution in [0.5, 0.6) is 5.75 Å². The van der Waals surface area contributed by atoms with Crippen molar-refractivity contribution in [1.82, 2.24) is 9.55 Å². The summed E-state index contributed by atoms with van der Waals surface area (Å²) in [6.45, 7) is 0.772. The Kier molecular flexibility index (Phi) is 3.17. The molecule has 5 nitrogen and oxygen atoms in total. The van der Waals surface area contributed by atoms with Gasteiger partial charge in [-0.25, -0.2) is 0 Å². The second kappa shape index (κ2) is 4.99. The van der Waals surface area contributed by atoms with E-state index in [1.165, 1.54) is 0 Å². The third kappa shape index (κ3) is 1.77. The van der Waals surface area contributed by atoms with Gasteiger partial charge >= 0.3 is 0 Å². The SMILES string of the molecule is COc1c(C#N)c2n(c1-c1cccnc1)CCCC2O. The van der Waals surface area contributed by atoms with E-state index >= 15 is 0 Å². The minimum Gasteiger partial charge on any atom is -0.493 e. The van der Waals surface area contributed by atoms with Gasteiger partial charge in [0, 0.05) is 24.5 Å². The van der Waals surface area contributed by atoms with Crippen molar-refractivity contribution in [2.45, 2.75) is 25.5 Å². The van der Waals surface area contributed by atoms with Crippen LogP contribution in [0.3, 0.4) is 0 Å². The number of ether oxygens (including phenoxy) is 1. The Morgan fingerprint density at radius 1 is 1.55 bits per heavy atom. The Morgan fingerprint density at radius 3 is 3.05 bits per heavy atom. The van der Waals surface area contributed by atoms with E-state index < -0.39 is 6.10 Å². The molecule has 1 unspecified atom stereocenters. The minimum absolute atomic E-state index is 0.429. The zero-order valence-electron chi connectivity index (χ0n) is 11.2. The predicted molar refractivity (Wildman–Crippen MR) is 73.1 cm³/mol. The van der Waals surface area contributed by atoms with Crippen LogP contribution in [-0.2, 0) is 6.54 Å². The summed E-state index contributed by atoms with van der Waals surface area (Å²) in [5, 5.41) is 19.6. The number of rotatable bonds is 2. The average Bonchev–Trinajstić information content (AvgIpc) is 2.82. The van der Waals surface area contributed by atoms with E-state index in [9.17, 15) is 10.4 Å². The highest BCUT2D eigenvalue weighted by Crippen LogP contribution is 2.43. The molecule has 1 aliphatic rings. The molecule has 0 radical (unpaired) electrons. The van der Waals surface area contributed by atoms with Crippen LogP contribution in [0, 0.1) is 11.3 Å². The van der Waals surface area contributed by atoms with E-state index in [1.54, 1.807) is 19.5 Å². The zero-order valence-corrected chi connectivity index (χ0v) is 11.2. The molecular formula is C15H15N3O2. The zero-order chi connectivity index (χ0) is 14.1. The quantitative estimate of drug-likeness (QED) is 0.907. The first-order valence-electron chi connectivity index (χ1n) is 6.56. The molecule has 0 saturated carbocycles. The van der Waals surface area contributed by atoms with Crippen molar-refractivity contribution >= 4 is 0 Å². The third-order valence-corrected chi connectivity index (χ3v) is 3.68. The molecule has 0 saturated heterocycles. The number of aromatic nitrogens is 2. The lowest BCUT2D eigenvalue weighted by Gasteiger charge is -2.22. The maximum absolute atomic E-state index is 10.2. The summed E-state index contributed by atoms with van der Waals surface area (Å²) in [4.78, 5) is 4.13. The van der Waals surface area contributed by atoms with Gasteiger partial charge in [-0.15, -0.1) is 0 Å². The Hall–Kier alpha value is -2.32. The van der Waals surface area contributed by atoms with E-state index in [1.807, 2.05) is 16.7 Å². The van der Waals surface area contributed by atoms with Gasteiger partial charge < -0.3 is 14.4 Å². The molecule has 2 aromatic heterocycles. The number of hydrogen-bond donors (Lipinski definition) is 1. The maximum atomic E-state index is 10.2. The number of nitrogens with zero attached hydrogens (tertiary/aromatic N) is 3. The average molecular weight is 269 g/mol. The van der Waals surface area contributed by atoms with Gasteiger partial charge in [-0.2, -0.15) is 5.26 Å². The predicted octanol–water partition coefficient (Wildman–Crippen LogP) is 2.26. The largest absolute Gasteiger partial charge is 0.493 e. The fraction of sp³-hybridized carbons (Fsp3) is 0.333. The maximum Gasteiger partial charge on any atom is 0.162 e. The van der Waals surface area contributed by atoms with E-state index in [0.29, 0.717) is 23.4 Å². The summed E-state index contributed by atoms with van der Waals surface area (Å²) in [6.07, 6.45) is 4.39. The summed E-state index contributed by atoms with van der Waals surface area (Å²) in [6, 6.07) is 5.95. The fourth-order valence-corrected chi connectivity index (χ4v) is 2.87. The molecule has 0 fully saturated rings. The standard InChI is InChI=1S/C15H15N3O2/c1-20-15-11(8-16)14-12(19)5-3-7-18(14)13(15)10-4-2-6-17-9-10/h2,4,6,9,12,19H,3,5,7H2,1H3. The van der Waals surface area contributed by atoms with E-state index in [0.717, 1.165) is 24.2 Å². The fourth-order valence-electron chi connectivity index (χ4n) is 2.87. The minimum atomic E-state index is -0.613. The Bertz CT molecular complexity index is 671. The lowest BCUT2D eigenvalue weighted by Crippen LogP contribution is -2.16. The van der Waals surface area contributed by atoms with Crippen molar-refractivity contribution in [3.05, 3.63) is 35.8 Å². The van der Waals surface area contributed by atoms with E-state index in [4.69, 9.17) is 4.74 Å². The number of methoxy groups -OCH3 is 1. The summed E-state index contributed by atoms with van der Waals surface area (Å²) in [5.41, 5.74) is 2.81. The number of aliphatic hydroxyl groups excluding tert-OH is 1. The van der Waals surface area contributed by atoms with Crippen LogP contribution in [0.1, 0.15) is 30.2 Å². The Balaban J connectivity index is 2.32. The van der Waals surface area contributed by atoms with E-state index in [2.05, 4.69) is 11.1 Å². The lowest BCUT2D eigenvalue weighted by atomic mass is 10.0. The first kappa shape index (κ1) is 12.7. The van der Waals surface area contributed by atoms with Crippen LogP contribution in [0.4, 0.5) is 0 Å². The molecule has 0 bridgehead atoms. The first-order chi connectivity index (χ1) is 9.77. The summed E-state index contributed by atoms with van der Waals surface area (Å²) < 4.78 is 7.43. The Labute approximate surface area is 117 Å². The molecule has 3 heterocycles. The number of hydrogen-bond acceptors (Lipinski definition) is 4. The van der Waals surface area contributed by atoms with Gasteiger partial charge in [0.1, 0.15) is 11.6 Å². The molecular weight excluding hydrogens is 254 g/mol.